The molecule has 2 N–H and O–H groups in total. The van der Waals surface area contributed by atoms with Crippen LogP contribution in [0.15, 0.2) is 82.9 Å². The molecule has 11 heteroatoms. The number of allylic oxidation sites excluding steroid dienone is 1. The summed E-state index contributed by atoms with van der Waals surface area (Å²) in [7, 11) is 1.73. The normalized spacial score (nSPS) is 25.3. The number of amides is 1. The molecule has 3 aliphatic rings. The zero-order chi connectivity index (χ0) is 36.9. The number of likely N-dealkylation sites (N-methyl/N-ethyl adjacent to an activating group) is 1. The van der Waals surface area contributed by atoms with Gasteiger partial charge in [0.2, 0.25) is 5.79 Å². The number of ether oxygens (including phenoxy) is 4. The highest BCUT2D eigenvalue weighted by molar-refractivity contribution is 7.99. The van der Waals surface area contributed by atoms with Crippen molar-refractivity contribution < 1.29 is 38.8 Å². The van der Waals surface area contributed by atoms with E-state index in [-0.39, 0.29) is 50.1 Å². The second-order valence-electron chi connectivity index (χ2n) is 13.5. The summed E-state index contributed by atoms with van der Waals surface area (Å²) in [5.41, 5.74) is 2.78. The van der Waals surface area contributed by atoms with Gasteiger partial charge >= 0.3 is 6.09 Å². The molecule has 2 aromatic carbocycles. The quantitative estimate of drug-likeness (QED) is 0.0613. The highest BCUT2D eigenvalue weighted by Crippen LogP contribution is 2.61. The fourth-order valence-electron chi connectivity index (χ4n) is 8.15. The molecule has 6 atom stereocenters. The van der Waals surface area contributed by atoms with Gasteiger partial charge in [-0.2, -0.15) is 0 Å². The number of oxime groups is 1. The minimum Gasteiger partial charge on any atom is -0.493 e. The van der Waals surface area contributed by atoms with Crippen LogP contribution in [0, 0.1) is 17.8 Å². The highest BCUT2D eigenvalue weighted by atomic mass is 32.2. The predicted molar refractivity (Wildman–Crippen MR) is 204 cm³/mol. The number of benzene rings is 2. The van der Waals surface area contributed by atoms with Crippen LogP contribution in [-0.2, 0) is 14.3 Å². The van der Waals surface area contributed by atoms with Crippen molar-refractivity contribution in [1.29, 1.82) is 0 Å². The van der Waals surface area contributed by atoms with Gasteiger partial charge in [0.05, 0.1) is 31.5 Å². The first-order valence-corrected chi connectivity index (χ1v) is 19.8. The Kier molecular flexibility index (Phi) is 14.9. The smallest absolute Gasteiger partial charge is 0.409 e. The summed E-state index contributed by atoms with van der Waals surface area (Å²) in [4.78, 5) is 22.0. The third kappa shape index (κ3) is 8.98. The van der Waals surface area contributed by atoms with Crippen LogP contribution in [0.1, 0.15) is 70.3 Å². The SMILES string of the molecule is C=CCO[C@@]12Oc3ccc(OCCSc4ccccc4)cc3[C@H]3[C@H](CCCCO)[C@@H](CCCCO)C=C(C(=NOCC)C[C@@H]1N(C)C(=O)OCC)[C@H]32. The average molecular weight is 737 g/mol. The average Bonchev–Trinajstić information content (AvgIpc) is 3.16. The topological polar surface area (TPSA) is 119 Å². The maximum absolute atomic E-state index is 13.5. The largest absolute Gasteiger partial charge is 0.493 e. The molecule has 2 aliphatic carbocycles. The van der Waals surface area contributed by atoms with E-state index >= 15 is 0 Å². The number of thioether (sulfide) groups is 1. The van der Waals surface area contributed by atoms with Gasteiger partial charge in [-0.05, 0) is 87.3 Å². The molecule has 1 fully saturated rings. The van der Waals surface area contributed by atoms with Crippen molar-refractivity contribution in [3.05, 3.63) is 78.4 Å². The molecule has 0 saturated heterocycles. The molecule has 1 heterocycles. The molecule has 0 aromatic heterocycles. The predicted octanol–water partition coefficient (Wildman–Crippen LogP) is 7.60. The van der Waals surface area contributed by atoms with Gasteiger partial charge in [-0.25, -0.2) is 4.79 Å². The molecule has 284 valence electrons. The Balaban J connectivity index is 1.64. The minimum absolute atomic E-state index is 0.112. The van der Waals surface area contributed by atoms with Crippen LogP contribution in [0.3, 0.4) is 0 Å². The van der Waals surface area contributed by atoms with E-state index in [1.165, 1.54) is 4.90 Å². The van der Waals surface area contributed by atoms with Crippen LogP contribution in [0.4, 0.5) is 4.79 Å². The lowest BCUT2D eigenvalue weighted by Gasteiger charge is -2.59. The number of nitrogens with zero attached hydrogens (tertiary/aromatic N) is 2. The summed E-state index contributed by atoms with van der Waals surface area (Å²) in [5.74, 6) is 0.753. The zero-order valence-electron chi connectivity index (χ0n) is 30.9. The van der Waals surface area contributed by atoms with Crippen molar-refractivity contribution in [3.8, 4) is 11.5 Å². The van der Waals surface area contributed by atoms with Crippen LogP contribution < -0.4 is 9.47 Å². The molecule has 0 unspecified atom stereocenters. The summed E-state index contributed by atoms with van der Waals surface area (Å²) in [6.07, 6.45) is 8.78. The second-order valence-corrected chi connectivity index (χ2v) is 14.7. The summed E-state index contributed by atoms with van der Waals surface area (Å²) in [5, 5.41) is 24.2. The fourth-order valence-corrected chi connectivity index (χ4v) is 8.90. The molecule has 5 rings (SSSR count). The number of rotatable bonds is 20. The second kappa shape index (κ2) is 19.5. The number of unbranched alkanes of at least 4 members (excludes halogenated alkanes) is 2. The Labute approximate surface area is 313 Å². The molecular weight excluding hydrogens is 681 g/mol. The van der Waals surface area contributed by atoms with E-state index < -0.39 is 17.9 Å². The van der Waals surface area contributed by atoms with E-state index in [0.29, 0.717) is 38.2 Å². The van der Waals surface area contributed by atoms with Gasteiger partial charge in [0, 0.05) is 48.8 Å². The van der Waals surface area contributed by atoms with Gasteiger partial charge < -0.3 is 38.9 Å². The lowest BCUT2D eigenvalue weighted by Crippen LogP contribution is -2.69. The van der Waals surface area contributed by atoms with Crippen LogP contribution in [0.25, 0.3) is 0 Å². The van der Waals surface area contributed by atoms with Crippen molar-refractivity contribution >= 4 is 23.6 Å². The molecule has 0 radical (unpaired) electrons. The van der Waals surface area contributed by atoms with Gasteiger partial charge in [0.25, 0.3) is 0 Å². The Morgan fingerprint density at radius 3 is 2.56 bits per heavy atom. The van der Waals surface area contributed by atoms with Gasteiger partial charge in [-0.15, -0.1) is 18.3 Å². The molecule has 10 nitrogen and oxygen atoms in total. The number of carbonyl (C=O) groups excluding carboxylic acids is 1. The highest BCUT2D eigenvalue weighted by Gasteiger charge is 2.65. The van der Waals surface area contributed by atoms with Gasteiger partial charge in [-0.1, -0.05) is 48.3 Å². The third-order valence-electron chi connectivity index (χ3n) is 10.3. The summed E-state index contributed by atoms with van der Waals surface area (Å²) < 4.78 is 25.9. The molecular formula is C41H56N2O8S. The molecule has 1 saturated carbocycles. The number of carbonyl (C=O) groups is 1. The molecule has 0 bridgehead atoms. The number of aliphatic hydroxyl groups is 2. The van der Waals surface area contributed by atoms with E-state index in [0.717, 1.165) is 54.0 Å². The zero-order valence-corrected chi connectivity index (χ0v) is 31.7. The Morgan fingerprint density at radius 2 is 1.85 bits per heavy atom. The van der Waals surface area contributed by atoms with Crippen LogP contribution in [0.5, 0.6) is 11.5 Å². The monoisotopic (exact) mass is 736 g/mol. The number of hydrogen-bond donors (Lipinski definition) is 2. The summed E-state index contributed by atoms with van der Waals surface area (Å²) in [6.45, 7) is 9.28. The lowest BCUT2D eigenvalue weighted by atomic mass is 9.55. The Morgan fingerprint density at radius 1 is 1.08 bits per heavy atom. The van der Waals surface area contributed by atoms with Crippen molar-refractivity contribution in [1.82, 2.24) is 4.90 Å². The first-order valence-electron chi connectivity index (χ1n) is 18.8. The molecule has 1 aliphatic heterocycles. The van der Waals surface area contributed by atoms with E-state index in [9.17, 15) is 15.0 Å². The molecule has 52 heavy (non-hydrogen) atoms. The van der Waals surface area contributed by atoms with Crippen molar-refractivity contribution in [2.24, 2.45) is 22.9 Å². The van der Waals surface area contributed by atoms with Crippen molar-refractivity contribution in [2.75, 3.05) is 52.4 Å². The first kappa shape index (κ1) is 39.7. The van der Waals surface area contributed by atoms with E-state index in [4.69, 9.17) is 23.8 Å². The number of hydrogen-bond acceptors (Lipinski definition) is 10. The van der Waals surface area contributed by atoms with Crippen LogP contribution >= 0.6 is 11.8 Å². The fraction of sp³-hybridized carbons (Fsp3) is 0.561. The Hall–Kier alpha value is -3.51. The maximum Gasteiger partial charge on any atom is 0.409 e. The minimum atomic E-state index is -1.30. The standard InChI is InChI=1S/C41H56N2O8S/c1-5-23-49-41-37(43(4)40(46)47-6-2)28-35(42-50-7-3)33-26-29(15-11-13-21-44)32(18-12-14-22-45)38(39(33)41)34-27-30(19-20-36(34)51-41)48-24-25-52-31-16-9-8-10-17-31/h5,8-10,16-17,19-20,26-27,29,32,37-39,44-45H,1,6-7,11-15,18,21-25,28H2,2-4H3/t29-,32+,37-,38+,39+,41+/m0/s1. The lowest BCUT2D eigenvalue weighted by molar-refractivity contribution is -0.253. The number of aliphatic hydroxyl groups excluding tert-OH is 2. The third-order valence-corrected chi connectivity index (χ3v) is 11.3. The maximum atomic E-state index is 13.5. The van der Waals surface area contributed by atoms with Crippen LogP contribution in [-0.4, -0.2) is 91.2 Å². The molecule has 0 spiro atoms. The van der Waals surface area contributed by atoms with E-state index in [1.807, 2.05) is 37.3 Å². The first-order chi connectivity index (χ1) is 25.4. The van der Waals surface area contributed by atoms with E-state index in [1.54, 1.807) is 36.7 Å². The van der Waals surface area contributed by atoms with Crippen molar-refractivity contribution in [3.63, 3.8) is 0 Å². The van der Waals surface area contributed by atoms with Gasteiger partial charge in [0.15, 0.2) is 0 Å². The van der Waals surface area contributed by atoms with Gasteiger partial charge in [0.1, 0.15) is 24.1 Å². The summed E-state index contributed by atoms with van der Waals surface area (Å²) in [6, 6.07) is 15.7. The van der Waals surface area contributed by atoms with E-state index in [2.05, 4.69) is 36.0 Å². The Bertz CT molecular complexity index is 1520. The number of fused-ring (bicyclic) bond motifs is 2. The van der Waals surface area contributed by atoms with Gasteiger partial charge in [-0.3, -0.25) is 0 Å². The summed E-state index contributed by atoms with van der Waals surface area (Å²) >= 11 is 1.75. The molecule has 1 amide bonds. The molecule has 2 aromatic rings. The van der Waals surface area contributed by atoms with Crippen molar-refractivity contribution in [2.45, 2.75) is 81.4 Å². The van der Waals surface area contributed by atoms with Crippen LogP contribution in [0.2, 0.25) is 0 Å².